The van der Waals surface area contributed by atoms with Gasteiger partial charge in [0.1, 0.15) is 73.3 Å². The molecule has 1 unspecified atom stereocenters. The molecule has 11 heterocycles. The molecular formula is C81H68Cl7F3N8O16. The third-order valence-corrected chi connectivity index (χ3v) is 17.7. The molecule has 7 aromatic heterocycles. The number of pyridine rings is 7. The SMILES string of the molecule is C=CCOc1c(C=C)cc(CO)nc1Cl.C=Cc1cc(CO)nc(Cl)c1O.Cc1cc(CO)nc(Cl)c1O.O=Cc1cc2c(c(-c3ccc(F)c(Cl)c3)n1)OCC=C2.O=[N+]([O-])CC(O)c1cc2c(c(-c3ccc(F)c(Cl)c3)n1)OCC=C2.OCc1cc2c(c(-c3ccc(F)c(Cl)c3)n1)OCC=C2.OCc1cc2c(c(Cl)n1)OCC=C2. The number of aromatic nitrogens is 7. The van der Waals surface area contributed by atoms with Gasteiger partial charge in [0.05, 0.1) is 82.3 Å². The number of aromatic hydroxyl groups is 2. The van der Waals surface area contributed by atoms with E-state index in [0.717, 1.165) is 16.7 Å². The van der Waals surface area contributed by atoms with Gasteiger partial charge in [-0.05, 0) is 134 Å². The average Bonchev–Trinajstić information content (AvgIpc) is 0.814. The van der Waals surface area contributed by atoms with Crippen molar-refractivity contribution in [3.8, 4) is 74.0 Å². The summed E-state index contributed by atoms with van der Waals surface area (Å²) in [6, 6.07) is 24.2. The monoisotopic (exact) mass is 1710 g/mol. The van der Waals surface area contributed by atoms with Gasteiger partial charge in [0.2, 0.25) is 6.54 Å². The van der Waals surface area contributed by atoms with Crippen molar-refractivity contribution in [1.82, 2.24) is 34.9 Å². The van der Waals surface area contributed by atoms with Crippen LogP contribution in [0.5, 0.6) is 40.2 Å². The molecule has 0 fully saturated rings. The van der Waals surface area contributed by atoms with Gasteiger partial charge in [-0.2, -0.15) is 0 Å². The van der Waals surface area contributed by atoms with Crippen LogP contribution in [0.2, 0.25) is 35.7 Å². The Labute approximate surface area is 690 Å². The standard InChI is InChI=1S/C16H12ClFN2O4.C15H11ClFNO2.C15H9ClFNO2.C11H12ClNO2.C9H8ClNO2.C8H8ClNO2.C7H8ClNO2/c17-11-6-9(3-4-12(11)18)15-16-10(2-1-5-24-16)7-13(19-15)14(21)8-20(22)23;2*16-12-7-9(3-4-13(12)17)14-15-10(2-1-5-20-15)6-11(8-19)18-14;1-3-5-15-10-8(4-2)6-9(7-14)13-11(10)12;10-9-8-6(2-1-3-13-8)4-7(5-12)11-9;1-2-5-3-6(4-11)10-8(9)7(5)12;1-4-2-5(3-10)9-7(8)6(4)11/h1-4,6-7,14,21H,5,8H2;1-4,6-7,19H,5,8H2;1-4,6-8H,5H2;3-4,6,14H,1-2,5,7H2;1-2,4,12H,3,5H2;2-3,11-12H,1,4H2;2,10-11H,3H2,1H3. The Morgan fingerprint density at radius 1 is 0.496 bits per heavy atom. The van der Waals surface area contributed by atoms with Crippen molar-refractivity contribution in [1.29, 1.82) is 0 Å². The van der Waals surface area contributed by atoms with E-state index in [1.54, 1.807) is 73.7 Å². The Hall–Kier alpha value is -10.9. The molecule has 115 heavy (non-hydrogen) atoms. The normalized spacial score (nSPS) is 12.2. The molecular weight excluding hydrogens is 1650 g/mol. The van der Waals surface area contributed by atoms with Crippen LogP contribution >= 0.6 is 81.2 Å². The van der Waals surface area contributed by atoms with Gasteiger partial charge in [0.15, 0.2) is 73.2 Å². The number of carbonyl (C=O) groups excluding carboxylic acids is 1. The molecule has 24 nitrogen and oxygen atoms in total. The quantitative estimate of drug-likeness (QED) is 0.0138. The van der Waals surface area contributed by atoms with Crippen molar-refractivity contribution in [3.63, 3.8) is 0 Å². The predicted octanol–water partition coefficient (Wildman–Crippen LogP) is 17.3. The number of nitrogens with zero attached hydrogens (tertiary/aromatic N) is 8. The summed E-state index contributed by atoms with van der Waals surface area (Å²) in [6.07, 6.45) is 18.8. The van der Waals surface area contributed by atoms with Gasteiger partial charge in [0.25, 0.3) is 0 Å². The summed E-state index contributed by atoms with van der Waals surface area (Å²) < 4.78 is 67.3. The Balaban J connectivity index is 0.000000171. The van der Waals surface area contributed by atoms with E-state index in [4.69, 9.17) is 130 Å². The number of rotatable bonds is 17. The van der Waals surface area contributed by atoms with Crippen molar-refractivity contribution in [2.75, 3.05) is 39.6 Å². The fourth-order valence-electron chi connectivity index (χ4n) is 10.5. The summed E-state index contributed by atoms with van der Waals surface area (Å²) in [5, 5.41) is 84.1. The Morgan fingerprint density at radius 2 is 0.878 bits per heavy atom. The fraction of sp³-hybridized carbons (Fsp3) is 0.160. The van der Waals surface area contributed by atoms with Crippen molar-refractivity contribution in [2.24, 2.45) is 0 Å². The highest BCUT2D eigenvalue weighted by Crippen LogP contribution is 2.41. The Bertz CT molecular complexity index is 5350. The molecule has 3 aromatic carbocycles. The number of aliphatic hydroxyl groups is 6. The summed E-state index contributed by atoms with van der Waals surface area (Å²) >= 11 is 40.3. The minimum absolute atomic E-state index is 0.000840. The van der Waals surface area contributed by atoms with E-state index in [1.165, 1.54) is 60.7 Å². The summed E-state index contributed by atoms with van der Waals surface area (Å²) in [5.41, 5.74) is 10.9. The van der Waals surface area contributed by atoms with Crippen molar-refractivity contribution in [2.45, 2.75) is 46.1 Å². The number of aldehydes is 1. The van der Waals surface area contributed by atoms with E-state index in [2.05, 4.69) is 54.6 Å². The lowest BCUT2D eigenvalue weighted by Crippen LogP contribution is -2.15. The fourth-order valence-corrected chi connectivity index (χ4v) is 12.0. The molecule has 4 aliphatic heterocycles. The van der Waals surface area contributed by atoms with Crippen LogP contribution in [0.3, 0.4) is 0 Å². The maximum Gasteiger partial charge on any atom is 0.235 e. The minimum Gasteiger partial charge on any atom is -0.505 e. The van der Waals surface area contributed by atoms with E-state index >= 15 is 0 Å². The molecule has 14 rings (SSSR count). The summed E-state index contributed by atoms with van der Waals surface area (Å²) in [7, 11) is 0. The van der Waals surface area contributed by atoms with Crippen LogP contribution in [0, 0.1) is 34.5 Å². The summed E-state index contributed by atoms with van der Waals surface area (Å²) in [4.78, 5) is 49.2. The van der Waals surface area contributed by atoms with Gasteiger partial charge < -0.3 is 64.5 Å². The van der Waals surface area contributed by atoms with Crippen LogP contribution in [0.25, 0.3) is 70.2 Å². The van der Waals surface area contributed by atoms with Crippen LogP contribution in [0.1, 0.15) is 89.7 Å². The molecule has 0 aliphatic carbocycles. The van der Waals surface area contributed by atoms with E-state index in [0.29, 0.717) is 158 Å². The van der Waals surface area contributed by atoms with Crippen LogP contribution in [-0.4, -0.2) is 127 Å². The largest absolute Gasteiger partial charge is 0.505 e. The molecule has 598 valence electrons. The maximum atomic E-state index is 13.4. The molecule has 0 radical (unpaired) electrons. The van der Waals surface area contributed by atoms with E-state index in [1.807, 2.05) is 36.5 Å². The average molecular weight is 1710 g/mol. The molecule has 1 atom stereocenters. The molecule has 0 amide bonds. The van der Waals surface area contributed by atoms with Crippen molar-refractivity contribution >= 4 is 124 Å². The molecule has 0 spiro atoms. The lowest BCUT2D eigenvalue weighted by molar-refractivity contribution is -0.491. The highest BCUT2D eigenvalue weighted by atomic mass is 35.5. The summed E-state index contributed by atoms with van der Waals surface area (Å²) in [5.74, 6) is 1.02. The van der Waals surface area contributed by atoms with Crippen molar-refractivity contribution < 1.29 is 87.4 Å². The first-order valence-electron chi connectivity index (χ1n) is 33.8. The second-order valence-electron chi connectivity index (χ2n) is 23.8. The zero-order chi connectivity index (χ0) is 83.6. The molecule has 0 saturated carbocycles. The molecule has 0 saturated heterocycles. The zero-order valence-electron chi connectivity index (χ0n) is 60.3. The number of halogens is 10. The number of benzene rings is 3. The van der Waals surface area contributed by atoms with E-state index in [9.17, 15) is 43.4 Å². The highest BCUT2D eigenvalue weighted by Gasteiger charge is 2.25. The molecule has 0 bridgehead atoms. The molecule has 34 heteroatoms. The van der Waals surface area contributed by atoms with Crippen molar-refractivity contribution in [3.05, 3.63) is 289 Å². The number of ether oxygens (including phenoxy) is 5. The third kappa shape index (κ3) is 24.4. The van der Waals surface area contributed by atoms with E-state index < -0.39 is 35.0 Å². The second kappa shape index (κ2) is 43.6. The molecule has 10 aromatic rings. The van der Waals surface area contributed by atoms with Crippen LogP contribution < -0.4 is 23.7 Å². The van der Waals surface area contributed by atoms with Crippen LogP contribution in [0.15, 0.2) is 147 Å². The first-order chi connectivity index (χ1) is 55.2. The number of carbonyl (C=O) groups is 1. The van der Waals surface area contributed by atoms with Gasteiger partial charge in [-0.15, -0.1) is 0 Å². The third-order valence-electron chi connectivity index (χ3n) is 15.8. The number of nitro groups is 1. The number of hydrogen-bond acceptors (Lipinski definition) is 23. The first-order valence-corrected chi connectivity index (χ1v) is 36.4. The van der Waals surface area contributed by atoms with Crippen LogP contribution in [0.4, 0.5) is 13.2 Å². The Morgan fingerprint density at radius 3 is 1.31 bits per heavy atom. The van der Waals surface area contributed by atoms with Crippen LogP contribution in [-0.2, 0) is 33.0 Å². The highest BCUT2D eigenvalue weighted by molar-refractivity contribution is 6.33. The molecule has 4 aliphatic rings. The van der Waals surface area contributed by atoms with Gasteiger partial charge in [-0.1, -0.05) is 143 Å². The first kappa shape index (κ1) is 89.7. The number of aliphatic hydroxyl groups excluding tert-OH is 6. The van der Waals surface area contributed by atoms with Gasteiger partial charge in [-0.3, -0.25) is 14.9 Å². The summed E-state index contributed by atoms with van der Waals surface area (Å²) in [6.45, 7) is 13.0. The smallest absolute Gasteiger partial charge is 0.235 e. The number of aryl methyl sites for hydroxylation is 1. The lowest BCUT2D eigenvalue weighted by atomic mass is 10.0. The Kier molecular flexibility index (Phi) is 34.0. The maximum absolute atomic E-state index is 13.4. The zero-order valence-corrected chi connectivity index (χ0v) is 65.6. The minimum atomic E-state index is -1.37. The molecule has 8 N–H and O–H groups in total. The lowest BCUT2D eigenvalue weighted by Gasteiger charge is -2.19. The number of fused-ring (bicyclic) bond motifs is 4. The predicted molar refractivity (Wildman–Crippen MR) is 435 cm³/mol. The van der Waals surface area contributed by atoms with Gasteiger partial charge >= 0.3 is 0 Å². The van der Waals surface area contributed by atoms with Gasteiger partial charge in [-0.25, -0.2) is 48.1 Å². The topological polar surface area (TPSA) is 358 Å². The number of hydrogen-bond donors (Lipinski definition) is 8. The second-order valence-corrected chi connectivity index (χ2v) is 26.4. The van der Waals surface area contributed by atoms with Gasteiger partial charge in [0, 0.05) is 55.0 Å². The van der Waals surface area contributed by atoms with E-state index in [-0.39, 0.29) is 86.4 Å².